The molecule has 3 atom stereocenters. The van der Waals surface area contributed by atoms with E-state index >= 15 is 0 Å². The maximum Gasteiger partial charge on any atom is 0.0174 e. The van der Waals surface area contributed by atoms with Gasteiger partial charge in [-0.15, -0.1) is 0 Å². The first-order valence-electron chi connectivity index (χ1n) is 5.87. The van der Waals surface area contributed by atoms with Crippen LogP contribution in [0.2, 0.25) is 0 Å². The quantitative estimate of drug-likeness (QED) is 0.699. The van der Waals surface area contributed by atoms with E-state index in [0.717, 1.165) is 16.7 Å². The Morgan fingerprint density at radius 1 is 1.27 bits per heavy atom. The molecule has 1 fully saturated rings. The lowest BCUT2D eigenvalue weighted by molar-refractivity contribution is 0.423. The average Bonchev–Trinajstić information content (AvgIpc) is 2.53. The summed E-state index contributed by atoms with van der Waals surface area (Å²) in [4.78, 5) is 0.742. The Labute approximate surface area is 101 Å². The van der Waals surface area contributed by atoms with Crippen LogP contribution >= 0.6 is 15.9 Å². The van der Waals surface area contributed by atoms with Gasteiger partial charge in [0.15, 0.2) is 0 Å². The molecule has 1 aliphatic rings. The highest BCUT2D eigenvalue weighted by atomic mass is 79.9. The van der Waals surface area contributed by atoms with Crippen LogP contribution in [0.5, 0.6) is 0 Å². The van der Waals surface area contributed by atoms with E-state index in [1.165, 1.54) is 30.4 Å². The SMILES string of the molecule is Cc1ccccc1CC1CCC(Br)C1C. The predicted octanol–water partition coefficient (Wildman–Crippen LogP) is 4.35. The largest absolute Gasteiger partial charge is 0.0888 e. The number of alkyl halides is 1. The highest BCUT2D eigenvalue weighted by Crippen LogP contribution is 2.38. The van der Waals surface area contributed by atoms with Crippen LogP contribution in [0.25, 0.3) is 0 Å². The van der Waals surface area contributed by atoms with Gasteiger partial charge in [-0.05, 0) is 49.1 Å². The monoisotopic (exact) mass is 266 g/mol. The molecule has 1 heteroatoms. The summed E-state index contributed by atoms with van der Waals surface area (Å²) in [6.07, 6.45) is 3.99. The van der Waals surface area contributed by atoms with Gasteiger partial charge in [0.1, 0.15) is 0 Å². The smallest absolute Gasteiger partial charge is 0.0174 e. The van der Waals surface area contributed by atoms with E-state index in [4.69, 9.17) is 0 Å². The van der Waals surface area contributed by atoms with E-state index in [9.17, 15) is 0 Å². The normalized spacial score (nSPS) is 30.7. The second-order valence-corrected chi connectivity index (χ2v) is 6.02. The molecule has 1 saturated carbocycles. The number of hydrogen-bond acceptors (Lipinski definition) is 0. The molecule has 3 unspecified atom stereocenters. The molecule has 0 aliphatic heterocycles. The summed E-state index contributed by atoms with van der Waals surface area (Å²) in [7, 11) is 0. The van der Waals surface area contributed by atoms with Crippen molar-refractivity contribution in [2.45, 2.75) is 37.9 Å². The minimum absolute atomic E-state index is 0.742. The minimum atomic E-state index is 0.742. The van der Waals surface area contributed by atoms with Gasteiger partial charge in [0.2, 0.25) is 0 Å². The number of hydrogen-bond donors (Lipinski definition) is 0. The lowest BCUT2D eigenvalue weighted by Crippen LogP contribution is -2.13. The zero-order valence-corrected chi connectivity index (χ0v) is 11.1. The first-order chi connectivity index (χ1) is 7.18. The molecular formula is C14H19Br. The Balaban J connectivity index is 2.07. The van der Waals surface area contributed by atoms with Crippen molar-refractivity contribution in [3.63, 3.8) is 0 Å². The molecule has 0 radical (unpaired) electrons. The third-order valence-corrected chi connectivity index (χ3v) is 5.16. The Hall–Kier alpha value is -0.300. The fourth-order valence-corrected chi connectivity index (χ4v) is 3.30. The molecule has 1 aliphatic carbocycles. The van der Waals surface area contributed by atoms with Gasteiger partial charge in [0, 0.05) is 4.83 Å². The topological polar surface area (TPSA) is 0 Å². The molecule has 0 bridgehead atoms. The Bertz CT molecular complexity index is 332. The number of benzene rings is 1. The van der Waals surface area contributed by atoms with Gasteiger partial charge in [0.25, 0.3) is 0 Å². The van der Waals surface area contributed by atoms with E-state index in [2.05, 4.69) is 54.0 Å². The number of aryl methyl sites for hydroxylation is 1. The Kier molecular flexibility index (Phi) is 3.50. The van der Waals surface area contributed by atoms with Crippen LogP contribution in [0, 0.1) is 18.8 Å². The molecular weight excluding hydrogens is 248 g/mol. The molecule has 0 saturated heterocycles. The van der Waals surface area contributed by atoms with E-state index in [1.807, 2.05) is 0 Å². The maximum absolute atomic E-state index is 3.78. The van der Waals surface area contributed by atoms with Crippen LogP contribution in [0.1, 0.15) is 30.9 Å². The fraction of sp³-hybridized carbons (Fsp3) is 0.571. The third kappa shape index (κ3) is 2.44. The molecule has 15 heavy (non-hydrogen) atoms. The van der Waals surface area contributed by atoms with Gasteiger partial charge < -0.3 is 0 Å². The molecule has 82 valence electrons. The van der Waals surface area contributed by atoms with Crippen LogP contribution in [0.3, 0.4) is 0 Å². The third-order valence-electron chi connectivity index (χ3n) is 3.87. The summed E-state index contributed by atoms with van der Waals surface area (Å²) < 4.78 is 0. The number of rotatable bonds is 2. The Morgan fingerprint density at radius 2 is 2.00 bits per heavy atom. The summed E-state index contributed by atoms with van der Waals surface area (Å²) >= 11 is 3.78. The second-order valence-electron chi connectivity index (χ2n) is 4.84. The van der Waals surface area contributed by atoms with Crippen LogP contribution in [0.15, 0.2) is 24.3 Å². The van der Waals surface area contributed by atoms with Crippen molar-refractivity contribution < 1.29 is 0 Å². The van der Waals surface area contributed by atoms with E-state index in [-0.39, 0.29) is 0 Å². The van der Waals surface area contributed by atoms with Gasteiger partial charge in [-0.1, -0.05) is 47.1 Å². The predicted molar refractivity (Wildman–Crippen MR) is 69.5 cm³/mol. The van der Waals surface area contributed by atoms with Crippen molar-refractivity contribution in [3.05, 3.63) is 35.4 Å². The van der Waals surface area contributed by atoms with Crippen LogP contribution in [-0.2, 0) is 6.42 Å². The van der Waals surface area contributed by atoms with Gasteiger partial charge in [-0.3, -0.25) is 0 Å². The van der Waals surface area contributed by atoms with Gasteiger partial charge in [0.05, 0.1) is 0 Å². The standard InChI is InChI=1S/C14H19Br/c1-10-5-3-4-6-12(10)9-13-7-8-14(15)11(13)2/h3-6,11,13-14H,7-9H2,1-2H3. The zero-order valence-electron chi connectivity index (χ0n) is 9.54. The van der Waals surface area contributed by atoms with Crippen molar-refractivity contribution in [1.82, 2.24) is 0 Å². The van der Waals surface area contributed by atoms with Gasteiger partial charge >= 0.3 is 0 Å². The van der Waals surface area contributed by atoms with Gasteiger partial charge in [-0.2, -0.15) is 0 Å². The Morgan fingerprint density at radius 3 is 2.60 bits per heavy atom. The van der Waals surface area contributed by atoms with Crippen molar-refractivity contribution in [2.75, 3.05) is 0 Å². The van der Waals surface area contributed by atoms with Crippen LogP contribution in [0.4, 0.5) is 0 Å². The number of halogens is 1. The van der Waals surface area contributed by atoms with Crippen LogP contribution in [-0.4, -0.2) is 4.83 Å². The summed E-state index contributed by atoms with van der Waals surface area (Å²) in [5.41, 5.74) is 2.98. The van der Waals surface area contributed by atoms with E-state index in [1.54, 1.807) is 0 Å². The average molecular weight is 267 g/mol. The molecule has 2 rings (SSSR count). The summed E-state index contributed by atoms with van der Waals surface area (Å²) in [6.45, 7) is 4.61. The lowest BCUT2D eigenvalue weighted by Gasteiger charge is -2.18. The molecule has 0 aromatic heterocycles. The van der Waals surface area contributed by atoms with E-state index < -0.39 is 0 Å². The zero-order chi connectivity index (χ0) is 10.8. The van der Waals surface area contributed by atoms with Gasteiger partial charge in [-0.25, -0.2) is 0 Å². The highest BCUT2D eigenvalue weighted by Gasteiger charge is 2.30. The molecule has 0 amide bonds. The van der Waals surface area contributed by atoms with Crippen molar-refractivity contribution in [1.29, 1.82) is 0 Å². The fourth-order valence-electron chi connectivity index (χ4n) is 2.60. The summed E-state index contributed by atoms with van der Waals surface area (Å²) in [6, 6.07) is 8.79. The molecule has 0 nitrogen and oxygen atoms in total. The first kappa shape index (κ1) is 11.2. The second kappa shape index (κ2) is 4.69. The maximum atomic E-state index is 3.78. The molecule has 1 aromatic rings. The minimum Gasteiger partial charge on any atom is -0.0888 e. The lowest BCUT2D eigenvalue weighted by atomic mass is 9.89. The van der Waals surface area contributed by atoms with Crippen molar-refractivity contribution in [3.8, 4) is 0 Å². The summed E-state index contributed by atoms with van der Waals surface area (Å²) in [5, 5.41) is 0. The first-order valence-corrected chi connectivity index (χ1v) is 6.78. The molecule has 0 N–H and O–H groups in total. The molecule has 0 heterocycles. The highest BCUT2D eigenvalue weighted by molar-refractivity contribution is 9.09. The van der Waals surface area contributed by atoms with Crippen molar-refractivity contribution >= 4 is 15.9 Å². The van der Waals surface area contributed by atoms with Crippen molar-refractivity contribution in [2.24, 2.45) is 11.8 Å². The molecule has 1 aromatic carbocycles. The molecule has 0 spiro atoms. The van der Waals surface area contributed by atoms with E-state index in [0.29, 0.717) is 0 Å². The van der Waals surface area contributed by atoms with Crippen LogP contribution < -0.4 is 0 Å². The summed E-state index contributed by atoms with van der Waals surface area (Å²) in [5.74, 6) is 1.69.